The van der Waals surface area contributed by atoms with Crippen molar-refractivity contribution in [1.82, 2.24) is 5.09 Å². The van der Waals surface area contributed by atoms with Crippen molar-refractivity contribution >= 4 is 31.9 Å². The van der Waals surface area contributed by atoms with Crippen LogP contribution < -0.4 is 5.09 Å². The molecule has 0 aliphatic carbocycles. The molecule has 0 aromatic carbocycles. The predicted molar refractivity (Wildman–Crippen MR) is 47.9 cm³/mol. The van der Waals surface area contributed by atoms with Gasteiger partial charge in [0.1, 0.15) is 0 Å². The Morgan fingerprint density at radius 2 is 2.10 bits per heavy atom. The number of carbonyl (C=O) groups is 1. The quantitative estimate of drug-likeness (QED) is 0.457. The molecule has 6 heteroatoms. The molecule has 0 aliphatic rings. The molecule has 1 N–H and O–H groups in total. The number of carbonyl (C=O) groups excluding carboxylic acids is 1. The molecule has 0 aromatic rings. The van der Waals surface area contributed by atoms with Gasteiger partial charge in [0, 0.05) is 26.8 Å². The first-order valence-electron chi connectivity index (χ1n) is 2.46. The third kappa shape index (κ3) is 16.1. The van der Waals surface area contributed by atoms with E-state index in [-0.39, 0.29) is 26.8 Å². The molecule has 2 radical (unpaired) electrons. The Morgan fingerprint density at radius 1 is 1.70 bits per heavy atom. The second kappa shape index (κ2) is 16.6. The van der Waals surface area contributed by atoms with E-state index >= 15 is 0 Å². The number of nitrogens with one attached hydrogen (secondary N) is 1. The molecule has 0 saturated carbocycles. The fraction of sp³-hybridized carbons (Fsp3) is 0.500. The predicted octanol–water partition coefficient (Wildman–Crippen LogP) is 0.449. The monoisotopic (exact) mass is 346 g/mol. The van der Waals surface area contributed by atoms with E-state index in [1.807, 2.05) is 16.0 Å². The first kappa shape index (κ1) is 17.3. The van der Waals surface area contributed by atoms with Crippen LogP contribution in [0.5, 0.6) is 0 Å². The molecule has 0 bridgehead atoms. The van der Waals surface area contributed by atoms with Crippen LogP contribution in [-0.2, 0) is 25.9 Å². The molecule has 0 heterocycles. The standard InChI is InChI=1S/C4H9NOP.BH2P.W/c1-2-4(6)3-5-7;1-2;/h3,5H,2,7H2,1H3;2H2;/q-1;;. The summed E-state index contributed by atoms with van der Waals surface area (Å²) in [5.41, 5.74) is 0. The van der Waals surface area contributed by atoms with Crippen molar-refractivity contribution in [3.63, 3.8) is 0 Å². The molecule has 0 fully saturated rings. The Morgan fingerprint density at radius 3 is 2.20 bits per heavy atom. The number of ketones is 1. The summed E-state index contributed by atoms with van der Waals surface area (Å²) in [5.74, 6) is 0.120. The van der Waals surface area contributed by atoms with Crippen LogP contribution >= 0.6 is 18.5 Å². The Kier molecular flexibility index (Phi) is 28.7. The largest absolute Gasteiger partial charge is 0.431 e. The van der Waals surface area contributed by atoms with Crippen molar-refractivity contribution in [2.24, 2.45) is 0 Å². The normalized spacial score (nSPS) is 6.30. The molecule has 0 aromatic heterocycles. The first-order valence-corrected chi connectivity index (χ1v) is 3.71. The molecule has 0 rings (SSSR count). The first-order chi connectivity index (χ1) is 4.31. The Hall–Kier alpha value is 1.11. The van der Waals surface area contributed by atoms with Crippen molar-refractivity contribution in [2.45, 2.75) is 13.3 Å². The fourth-order valence-electron chi connectivity index (χ4n) is 0.195. The Labute approximate surface area is 82.8 Å². The zero-order chi connectivity index (χ0) is 7.70. The maximum atomic E-state index is 10.3. The van der Waals surface area contributed by atoms with E-state index in [9.17, 15) is 4.79 Å². The molecule has 0 aliphatic heterocycles. The van der Waals surface area contributed by atoms with Gasteiger partial charge in [0.2, 0.25) is 0 Å². The van der Waals surface area contributed by atoms with Crippen LogP contribution in [0.1, 0.15) is 13.3 Å². The van der Waals surface area contributed by atoms with Crippen LogP contribution in [-0.4, -0.2) is 13.3 Å². The Balaban J connectivity index is -0.000000149. The number of hydrogen-bond donors (Lipinski definition) is 1. The van der Waals surface area contributed by atoms with Crippen LogP contribution in [0.3, 0.4) is 0 Å². The molecule has 2 atom stereocenters. The van der Waals surface area contributed by atoms with E-state index in [1.54, 1.807) is 0 Å². The van der Waals surface area contributed by atoms with E-state index < -0.39 is 0 Å². The van der Waals surface area contributed by atoms with Crippen LogP contribution in [0.15, 0.2) is 0 Å². The van der Waals surface area contributed by atoms with Crippen LogP contribution in [0.4, 0.5) is 0 Å². The summed E-state index contributed by atoms with van der Waals surface area (Å²) in [6.45, 7) is 3.24. The minimum absolute atomic E-state index is 0. The number of Topliss-reactive ketones (excluding diaryl/α,β-unsaturated/α-hetero) is 1. The zero-order valence-corrected chi connectivity index (χ0v) is 11.1. The fourth-order valence-corrected chi connectivity index (χ4v) is 0.381. The maximum Gasteiger partial charge on any atom is 0.0996 e. The van der Waals surface area contributed by atoms with Gasteiger partial charge in [0.25, 0.3) is 0 Å². The van der Waals surface area contributed by atoms with E-state index in [2.05, 4.69) is 22.0 Å². The van der Waals surface area contributed by atoms with Crippen molar-refractivity contribution in [3.8, 4) is 0 Å². The smallest absolute Gasteiger partial charge is 0.0996 e. The second-order valence-electron chi connectivity index (χ2n) is 1.13. The maximum absolute atomic E-state index is 10.3. The summed E-state index contributed by atoms with van der Waals surface area (Å²) < 4.78 is 0. The van der Waals surface area contributed by atoms with Gasteiger partial charge >= 0.3 is 0 Å². The summed E-state index contributed by atoms with van der Waals surface area (Å²) in [5, 5.41) is 2.56. The topological polar surface area (TPSA) is 29.1 Å². The third-order valence-corrected chi connectivity index (χ3v) is 0.759. The summed E-state index contributed by atoms with van der Waals surface area (Å²) >= 11 is 0. The van der Waals surface area contributed by atoms with Crippen molar-refractivity contribution in [1.29, 1.82) is 0 Å². The molecular weight excluding hydrogens is 335 g/mol. The van der Waals surface area contributed by atoms with Crippen molar-refractivity contribution < 1.29 is 25.9 Å². The van der Waals surface area contributed by atoms with Gasteiger partial charge in [-0.15, -0.1) is 0 Å². The summed E-state index contributed by atoms with van der Waals surface area (Å²) in [6.07, 6.45) is 0.571. The van der Waals surface area contributed by atoms with E-state index in [0.29, 0.717) is 6.42 Å². The summed E-state index contributed by atoms with van der Waals surface area (Å²) in [4.78, 5) is 10.3. The van der Waals surface area contributed by atoms with Gasteiger partial charge in [-0.2, -0.15) is 9.12 Å². The minimum Gasteiger partial charge on any atom is -0.431 e. The van der Waals surface area contributed by atoms with Gasteiger partial charge in [-0.1, -0.05) is 16.3 Å². The van der Waals surface area contributed by atoms with Crippen LogP contribution in [0.2, 0.25) is 0 Å². The number of hydrogen-bond acceptors (Lipinski definition) is 2. The van der Waals surface area contributed by atoms with Gasteiger partial charge < -0.3 is 9.88 Å². The van der Waals surface area contributed by atoms with Crippen molar-refractivity contribution in [2.75, 3.05) is 0 Å². The van der Waals surface area contributed by atoms with Gasteiger partial charge in [0.15, 0.2) is 0 Å². The summed E-state index contributed by atoms with van der Waals surface area (Å²) in [7, 11) is 8.56. The third-order valence-electron chi connectivity index (χ3n) is 0.593. The van der Waals surface area contributed by atoms with Gasteiger partial charge in [-0.3, -0.25) is 6.54 Å². The molecule has 2 unspecified atom stereocenters. The molecule has 0 spiro atoms. The van der Waals surface area contributed by atoms with Gasteiger partial charge in [0.05, 0.1) is 7.57 Å². The zero-order valence-electron chi connectivity index (χ0n) is 5.83. The van der Waals surface area contributed by atoms with Crippen molar-refractivity contribution in [3.05, 3.63) is 6.54 Å². The average Bonchev–Trinajstić information content (AvgIpc) is 1.93. The van der Waals surface area contributed by atoms with Gasteiger partial charge in [-0.25, -0.2) is 0 Å². The molecule has 2 nitrogen and oxygen atoms in total. The molecule has 0 saturated heterocycles. The molecule has 0 amide bonds. The Bertz CT molecular complexity index is 76.3. The SMILES string of the molecule is CCC(=O)[CH-]NP.[B]P.[W]. The van der Waals surface area contributed by atoms with Gasteiger partial charge in [-0.05, 0) is 6.42 Å². The molecular formula is C4H11BNOP2W-. The minimum atomic E-state index is 0. The second-order valence-corrected chi connectivity index (χ2v) is 1.46. The molecule has 58 valence electrons. The van der Waals surface area contributed by atoms with Crippen LogP contribution in [0.25, 0.3) is 0 Å². The average molecular weight is 346 g/mol. The van der Waals surface area contributed by atoms with E-state index in [1.165, 1.54) is 6.54 Å². The van der Waals surface area contributed by atoms with E-state index in [4.69, 9.17) is 0 Å². The molecule has 10 heavy (non-hydrogen) atoms. The van der Waals surface area contributed by atoms with E-state index in [0.717, 1.165) is 0 Å². The summed E-state index contributed by atoms with van der Waals surface area (Å²) in [6, 6.07) is 0. The van der Waals surface area contributed by atoms with Crippen LogP contribution in [0, 0.1) is 6.54 Å². The number of rotatable bonds is 3.